The van der Waals surface area contributed by atoms with Gasteiger partial charge in [-0.05, 0) is 45.4 Å². The number of quaternary nitrogens is 1. The minimum Gasteiger partial charge on any atom is -0.325 e. The van der Waals surface area contributed by atoms with E-state index in [-0.39, 0.29) is 16.8 Å². The highest BCUT2D eigenvalue weighted by atomic mass is 32.2. The molecular formula is C16H28N3O3S+. The minimum atomic E-state index is -3.52. The molecule has 1 aromatic rings. The molecule has 23 heavy (non-hydrogen) atoms. The highest BCUT2D eigenvalue weighted by molar-refractivity contribution is 7.89. The smallest absolute Gasteiger partial charge is 0.282 e. The summed E-state index contributed by atoms with van der Waals surface area (Å²) in [5.41, 5.74) is 1.37. The summed E-state index contributed by atoms with van der Waals surface area (Å²) in [4.78, 5) is 13.8. The Morgan fingerprint density at radius 1 is 1.26 bits per heavy atom. The molecule has 1 amide bonds. The summed E-state index contributed by atoms with van der Waals surface area (Å²) in [7, 11) is -0.550. The maximum atomic E-state index is 12.4. The van der Waals surface area contributed by atoms with Crippen molar-refractivity contribution in [2.24, 2.45) is 0 Å². The maximum Gasteiger partial charge on any atom is 0.282 e. The zero-order valence-electron chi connectivity index (χ0n) is 14.8. The van der Waals surface area contributed by atoms with Crippen molar-refractivity contribution < 1.29 is 18.1 Å². The van der Waals surface area contributed by atoms with Crippen LogP contribution in [0.4, 0.5) is 5.69 Å². The first-order chi connectivity index (χ1) is 10.6. The molecule has 0 aromatic heterocycles. The second-order valence-corrected chi connectivity index (χ2v) is 7.99. The normalized spacial score (nSPS) is 13.4. The summed E-state index contributed by atoms with van der Waals surface area (Å²) in [6.07, 6.45) is 0. The van der Waals surface area contributed by atoms with Crippen molar-refractivity contribution in [3.63, 3.8) is 0 Å². The van der Waals surface area contributed by atoms with Gasteiger partial charge in [-0.2, -0.15) is 0 Å². The summed E-state index contributed by atoms with van der Waals surface area (Å²) < 4.78 is 25.6. The van der Waals surface area contributed by atoms with Gasteiger partial charge in [-0.25, -0.2) is 12.7 Å². The van der Waals surface area contributed by atoms with E-state index in [9.17, 15) is 13.2 Å². The van der Waals surface area contributed by atoms with E-state index in [1.165, 1.54) is 25.1 Å². The number of nitrogens with one attached hydrogen (secondary N) is 2. The average Bonchev–Trinajstić information content (AvgIpc) is 2.50. The van der Waals surface area contributed by atoms with E-state index in [0.29, 0.717) is 5.69 Å². The Morgan fingerprint density at radius 2 is 1.83 bits per heavy atom. The number of rotatable bonds is 7. The van der Waals surface area contributed by atoms with E-state index >= 15 is 0 Å². The first-order valence-electron chi connectivity index (χ1n) is 7.83. The first-order valence-corrected chi connectivity index (χ1v) is 9.27. The molecular weight excluding hydrogens is 314 g/mol. The van der Waals surface area contributed by atoms with Crippen molar-refractivity contribution in [1.82, 2.24) is 4.31 Å². The molecule has 0 aliphatic rings. The van der Waals surface area contributed by atoms with Crippen LogP contribution < -0.4 is 10.2 Å². The number of likely N-dealkylation sites (N-methyl/N-ethyl adjacent to an activating group) is 1. The molecule has 1 rings (SSSR count). The molecule has 0 heterocycles. The summed E-state index contributed by atoms with van der Waals surface area (Å²) >= 11 is 0. The van der Waals surface area contributed by atoms with Crippen LogP contribution in [0.5, 0.6) is 0 Å². The van der Waals surface area contributed by atoms with E-state index in [1.807, 2.05) is 27.7 Å². The van der Waals surface area contributed by atoms with Crippen LogP contribution in [0.15, 0.2) is 23.1 Å². The topological polar surface area (TPSA) is 70.9 Å². The molecule has 1 aromatic carbocycles. The molecule has 130 valence electrons. The third-order valence-corrected chi connectivity index (χ3v) is 5.97. The number of amides is 1. The molecule has 0 bridgehead atoms. The Hall–Kier alpha value is -1.44. The van der Waals surface area contributed by atoms with Crippen LogP contribution in [-0.2, 0) is 14.8 Å². The van der Waals surface area contributed by atoms with E-state index in [2.05, 4.69) is 5.32 Å². The molecule has 0 radical (unpaired) electrons. The zero-order valence-corrected chi connectivity index (χ0v) is 15.6. The van der Waals surface area contributed by atoms with Crippen molar-refractivity contribution >= 4 is 21.6 Å². The molecule has 0 aliphatic heterocycles. The summed E-state index contributed by atoms with van der Waals surface area (Å²) in [5, 5.41) is 2.87. The van der Waals surface area contributed by atoms with Gasteiger partial charge < -0.3 is 10.2 Å². The van der Waals surface area contributed by atoms with Gasteiger partial charge >= 0.3 is 0 Å². The minimum absolute atomic E-state index is 0.105. The molecule has 0 spiro atoms. The van der Waals surface area contributed by atoms with Gasteiger partial charge in [0.2, 0.25) is 10.0 Å². The van der Waals surface area contributed by atoms with Gasteiger partial charge in [-0.15, -0.1) is 0 Å². The standard InChI is InChI=1S/C16H27N3O3S/c1-7-19(8-2)13(4)16(20)17-15-11-14(10-9-12(15)3)23(21,22)18(5)6/h9-11,13H,7-8H2,1-6H3,(H,17,20)/p+1/t13-/m1/s1. The summed E-state index contributed by atoms with van der Waals surface area (Å²) in [6.45, 7) is 9.53. The van der Waals surface area contributed by atoms with Crippen molar-refractivity contribution in [3.05, 3.63) is 23.8 Å². The highest BCUT2D eigenvalue weighted by Gasteiger charge is 2.24. The lowest BCUT2D eigenvalue weighted by Crippen LogP contribution is -3.16. The van der Waals surface area contributed by atoms with Gasteiger partial charge in [-0.1, -0.05) is 6.07 Å². The highest BCUT2D eigenvalue weighted by Crippen LogP contribution is 2.22. The molecule has 7 heteroatoms. The number of aryl methyl sites for hydroxylation is 1. The van der Waals surface area contributed by atoms with Crippen molar-refractivity contribution in [2.45, 2.75) is 38.6 Å². The number of sulfonamides is 1. The molecule has 0 saturated carbocycles. The fourth-order valence-corrected chi connectivity index (χ4v) is 3.32. The van der Waals surface area contributed by atoms with Crippen molar-refractivity contribution in [2.75, 3.05) is 32.5 Å². The third-order valence-electron chi connectivity index (χ3n) is 4.16. The number of anilines is 1. The van der Waals surface area contributed by atoms with Crippen LogP contribution in [0.1, 0.15) is 26.3 Å². The fourth-order valence-electron chi connectivity index (χ4n) is 2.40. The predicted molar refractivity (Wildman–Crippen MR) is 92.2 cm³/mol. The lowest BCUT2D eigenvalue weighted by atomic mass is 10.2. The molecule has 0 unspecified atom stereocenters. The fraction of sp³-hybridized carbons (Fsp3) is 0.562. The van der Waals surface area contributed by atoms with Crippen LogP contribution in [0.25, 0.3) is 0 Å². The monoisotopic (exact) mass is 342 g/mol. The van der Waals surface area contributed by atoms with E-state index in [1.54, 1.807) is 12.1 Å². The van der Waals surface area contributed by atoms with Crippen LogP contribution >= 0.6 is 0 Å². The molecule has 0 fully saturated rings. The van der Waals surface area contributed by atoms with Gasteiger partial charge in [0, 0.05) is 19.8 Å². The van der Waals surface area contributed by atoms with E-state index < -0.39 is 10.0 Å². The largest absolute Gasteiger partial charge is 0.325 e. The van der Waals surface area contributed by atoms with Crippen LogP contribution in [0.2, 0.25) is 0 Å². The Kier molecular flexibility index (Phi) is 6.73. The summed E-state index contributed by atoms with van der Waals surface area (Å²) in [5.74, 6) is -0.105. The number of hydrogen-bond acceptors (Lipinski definition) is 3. The van der Waals surface area contributed by atoms with Gasteiger partial charge in [0.1, 0.15) is 0 Å². The molecule has 0 saturated heterocycles. The van der Waals surface area contributed by atoms with Crippen molar-refractivity contribution in [1.29, 1.82) is 0 Å². The number of nitrogens with zero attached hydrogens (tertiary/aromatic N) is 1. The third kappa shape index (κ3) is 4.53. The Bertz CT molecular complexity index is 653. The first kappa shape index (κ1) is 19.6. The van der Waals surface area contributed by atoms with E-state index in [4.69, 9.17) is 0 Å². The number of carbonyl (C=O) groups excluding carboxylic acids is 1. The zero-order chi connectivity index (χ0) is 17.8. The lowest BCUT2D eigenvalue weighted by molar-refractivity contribution is -0.910. The van der Waals surface area contributed by atoms with Gasteiger partial charge in [0.15, 0.2) is 6.04 Å². The van der Waals surface area contributed by atoms with Gasteiger partial charge in [0.05, 0.1) is 18.0 Å². The van der Waals surface area contributed by atoms with E-state index in [0.717, 1.165) is 23.0 Å². The Morgan fingerprint density at radius 3 is 2.30 bits per heavy atom. The molecule has 0 aliphatic carbocycles. The average molecular weight is 342 g/mol. The van der Waals surface area contributed by atoms with Crippen LogP contribution in [0, 0.1) is 6.92 Å². The predicted octanol–water partition coefficient (Wildman–Crippen LogP) is 0.497. The maximum absolute atomic E-state index is 12.4. The lowest BCUT2D eigenvalue weighted by Gasteiger charge is -2.23. The van der Waals surface area contributed by atoms with Crippen molar-refractivity contribution in [3.8, 4) is 0 Å². The number of hydrogen-bond donors (Lipinski definition) is 2. The molecule has 2 N–H and O–H groups in total. The molecule has 6 nitrogen and oxygen atoms in total. The second kappa shape index (κ2) is 7.90. The number of carbonyl (C=O) groups is 1. The van der Waals surface area contributed by atoms with Crippen LogP contribution in [0.3, 0.4) is 0 Å². The number of benzene rings is 1. The summed E-state index contributed by atoms with van der Waals surface area (Å²) in [6, 6.07) is 4.59. The Labute approximate surface area is 139 Å². The van der Waals surface area contributed by atoms with Gasteiger partial charge in [-0.3, -0.25) is 4.79 Å². The second-order valence-electron chi connectivity index (χ2n) is 5.84. The molecule has 1 atom stereocenters. The quantitative estimate of drug-likeness (QED) is 0.758. The SMILES string of the molecule is CC[NH+](CC)[C@H](C)C(=O)Nc1cc(S(=O)(=O)N(C)C)ccc1C. The van der Waals surface area contributed by atoms with Gasteiger partial charge in [0.25, 0.3) is 5.91 Å². The Balaban J connectivity index is 3.08. The van der Waals surface area contributed by atoms with Crippen LogP contribution in [-0.4, -0.2) is 51.9 Å².